The van der Waals surface area contributed by atoms with E-state index in [1.165, 1.54) is 128 Å². The quantitative estimate of drug-likeness (QED) is 0.128. The van der Waals surface area contributed by atoms with Gasteiger partial charge in [-0.2, -0.15) is 0 Å². The topological polar surface area (TPSA) is 0 Å². The van der Waals surface area contributed by atoms with Crippen LogP contribution in [-0.2, 0) is 0 Å². The molecule has 0 saturated carbocycles. The second-order valence-electron chi connectivity index (χ2n) is 7.97. The maximum atomic E-state index is 3.73. The van der Waals surface area contributed by atoms with Crippen molar-refractivity contribution in [3.63, 3.8) is 0 Å². The Kier molecular flexibility index (Phi) is 32.0. The van der Waals surface area contributed by atoms with Gasteiger partial charge in [-0.3, -0.25) is 0 Å². The maximum Gasteiger partial charge on any atom is -0.0353 e. The number of hydrogen-bond acceptors (Lipinski definition) is 0. The summed E-state index contributed by atoms with van der Waals surface area (Å²) >= 11 is 0. The van der Waals surface area contributed by atoms with Crippen molar-refractivity contribution in [2.45, 2.75) is 128 Å². The van der Waals surface area contributed by atoms with E-state index in [-0.39, 0.29) is 0 Å². The van der Waals surface area contributed by atoms with Crippen LogP contribution in [0.1, 0.15) is 128 Å². The monoisotopic (exact) mass is 388 g/mol. The van der Waals surface area contributed by atoms with Crippen molar-refractivity contribution in [3.8, 4) is 0 Å². The van der Waals surface area contributed by atoms with E-state index in [4.69, 9.17) is 0 Å². The molecular formula is C28H52. The van der Waals surface area contributed by atoms with Crippen molar-refractivity contribution in [2.75, 3.05) is 0 Å². The molecule has 0 bridgehead atoms. The smallest absolute Gasteiger partial charge is 0.0353 e. The minimum absolute atomic E-state index is 1.19. The molecule has 0 heteroatoms. The first kappa shape index (κ1) is 29.2. The summed E-state index contributed by atoms with van der Waals surface area (Å²) in [4.78, 5) is 0. The zero-order valence-corrected chi connectivity index (χ0v) is 19.3. The van der Waals surface area contributed by atoms with Gasteiger partial charge < -0.3 is 0 Å². The number of hydrogen-bond donors (Lipinski definition) is 0. The Hall–Kier alpha value is -1.04. The molecule has 0 aromatic heterocycles. The number of unbranched alkanes of at least 4 members (excludes halogenated alkanes) is 18. The van der Waals surface area contributed by atoms with Crippen LogP contribution >= 0.6 is 0 Å². The summed E-state index contributed by atoms with van der Waals surface area (Å²) in [6.45, 7) is 14.9. The van der Waals surface area contributed by atoms with Gasteiger partial charge in [0, 0.05) is 0 Å². The Balaban J connectivity index is 0. The van der Waals surface area contributed by atoms with E-state index in [0.29, 0.717) is 0 Å². The van der Waals surface area contributed by atoms with E-state index in [0.717, 1.165) is 0 Å². The first-order valence-corrected chi connectivity index (χ1v) is 12.3. The van der Waals surface area contributed by atoms with Crippen LogP contribution in [0, 0.1) is 0 Å². The van der Waals surface area contributed by atoms with Crippen LogP contribution in [0.5, 0.6) is 0 Å². The molecular weight excluding hydrogens is 336 g/mol. The van der Waals surface area contributed by atoms with Gasteiger partial charge >= 0.3 is 0 Å². The minimum Gasteiger partial charge on any atom is -0.103 e. The molecule has 0 aromatic rings. The molecule has 28 heavy (non-hydrogen) atoms. The molecule has 0 nitrogen and oxygen atoms in total. The average molecular weight is 389 g/mol. The van der Waals surface area contributed by atoms with Gasteiger partial charge in [0.15, 0.2) is 0 Å². The number of rotatable bonds is 22. The van der Waals surface area contributed by atoms with Crippen molar-refractivity contribution in [1.82, 2.24) is 0 Å². The summed E-state index contributed by atoms with van der Waals surface area (Å²) in [6.07, 6.45) is 35.1. The van der Waals surface area contributed by atoms with Gasteiger partial charge in [-0.25, -0.2) is 0 Å². The molecule has 0 saturated heterocycles. The molecule has 0 spiro atoms. The van der Waals surface area contributed by atoms with Crippen molar-refractivity contribution in [1.29, 1.82) is 0 Å². The third-order valence-corrected chi connectivity index (χ3v) is 5.13. The predicted octanol–water partition coefficient (Wildman–Crippen LogP) is 10.5. The van der Waals surface area contributed by atoms with Crippen LogP contribution in [0.4, 0.5) is 0 Å². The SMILES string of the molecule is C=CCCCCCCCCCCC=C.C=CCCCCCCCCCCC=C. The molecule has 0 aliphatic carbocycles. The molecule has 0 unspecified atom stereocenters. The van der Waals surface area contributed by atoms with Gasteiger partial charge in [0.1, 0.15) is 0 Å². The summed E-state index contributed by atoms with van der Waals surface area (Å²) in [7, 11) is 0. The zero-order chi connectivity index (χ0) is 21.0. The zero-order valence-electron chi connectivity index (χ0n) is 19.3. The number of allylic oxidation sites excluding steroid dienone is 4. The molecule has 164 valence electrons. The van der Waals surface area contributed by atoms with Crippen molar-refractivity contribution >= 4 is 0 Å². The van der Waals surface area contributed by atoms with Crippen LogP contribution in [-0.4, -0.2) is 0 Å². The van der Waals surface area contributed by atoms with E-state index in [2.05, 4.69) is 26.3 Å². The molecule has 0 rings (SSSR count). The normalized spacial score (nSPS) is 10.0. The van der Waals surface area contributed by atoms with Crippen LogP contribution in [0.2, 0.25) is 0 Å². The predicted molar refractivity (Wildman–Crippen MR) is 133 cm³/mol. The Morgan fingerprint density at radius 3 is 0.536 bits per heavy atom. The summed E-state index contributed by atoms with van der Waals surface area (Å²) < 4.78 is 0. The highest BCUT2D eigenvalue weighted by molar-refractivity contribution is 4.67. The standard InChI is InChI=1S/2C14H26/c2*1-3-5-7-9-11-13-14-12-10-8-6-4-2/h2*3-4H,1-2,5-14H2. The van der Waals surface area contributed by atoms with E-state index < -0.39 is 0 Å². The lowest BCUT2D eigenvalue weighted by atomic mass is 10.1. The molecule has 0 radical (unpaired) electrons. The molecule has 0 fully saturated rings. The van der Waals surface area contributed by atoms with Gasteiger partial charge in [-0.05, 0) is 51.4 Å². The molecule has 0 atom stereocenters. The summed E-state index contributed by atoms with van der Waals surface area (Å²) in [5, 5.41) is 0. The van der Waals surface area contributed by atoms with Crippen molar-refractivity contribution in [3.05, 3.63) is 50.6 Å². The molecule has 0 N–H and O–H groups in total. The fraction of sp³-hybridized carbons (Fsp3) is 0.714. The van der Waals surface area contributed by atoms with E-state index in [1.54, 1.807) is 0 Å². The fourth-order valence-corrected chi connectivity index (χ4v) is 3.28. The van der Waals surface area contributed by atoms with Gasteiger partial charge in [-0.15, -0.1) is 26.3 Å². The third kappa shape index (κ3) is 32.6. The lowest BCUT2D eigenvalue weighted by molar-refractivity contribution is 0.571. The third-order valence-electron chi connectivity index (χ3n) is 5.13. The van der Waals surface area contributed by atoms with Crippen LogP contribution in [0.3, 0.4) is 0 Å². The van der Waals surface area contributed by atoms with Gasteiger partial charge in [0.05, 0.1) is 0 Å². The maximum absolute atomic E-state index is 3.73. The molecule has 0 aliphatic heterocycles. The van der Waals surface area contributed by atoms with Gasteiger partial charge in [0.25, 0.3) is 0 Å². The summed E-state index contributed by atoms with van der Waals surface area (Å²) in [5.41, 5.74) is 0. The van der Waals surface area contributed by atoms with Gasteiger partial charge in [0.2, 0.25) is 0 Å². The van der Waals surface area contributed by atoms with E-state index in [9.17, 15) is 0 Å². The molecule has 0 amide bonds. The minimum atomic E-state index is 1.19. The van der Waals surface area contributed by atoms with Crippen LogP contribution < -0.4 is 0 Å². The second-order valence-corrected chi connectivity index (χ2v) is 7.97. The largest absolute Gasteiger partial charge is 0.103 e. The summed E-state index contributed by atoms with van der Waals surface area (Å²) in [5.74, 6) is 0. The fourth-order valence-electron chi connectivity index (χ4n) is 3.28. The Bertz CT molecular complexity index is 248. The Labute approximate surface area is 179 Å². The summed E-state index contributed by atoms with van der Waals surface area (Å²) in [6, 6.07) is 0. The Morgan fingerprint density at radius 2 is 0.393 bits per heavy atom. The van der Waals surface area contributed by atoms with E-state index in [1.807, 2.05) is 24.3 Å². The first-order valence-electron chi connectivity index (χ1n) is 12.3. The lowest BCUT2D eigenvalue weighted by Crippen LogP contribution is -1.80. The molecule has 0 aromatic carbocycles. The highest BCUT2D eigenvalue weighted by Gasteiger charge is 1.91. The van der Waals surface area contributed by atoms with Gasteiger partial charge in [-0.1, -0.05) is 101 Å². The van der Waals surface area contributed by atoms with E-state index >= 15 is 0 Å². The highest BCUT2D eigenvalue weighted by Crippen LogP contribution is 2.11. The van der Waals surface area contributed by atoms with Crippen molar-refractivity contribution < 1.29 is 0 Å². The first-order chi connectivity index (χ1) is 13.8. The van der Waals surface area contributed by atoms with Crippen LogP contribution in [0.15, 0.2) is 50.6 Å². The average Bonchev–Trinajstić information content (AvgIpc) is 2.71. The van der Waals surface area contributed by atoms with Crippen LogP contribution in [0.25, 0.3) is 0 Å². The molecule has 0 heterocycles. The van der Waals surface area contributed by atoms with Crippen molar-refractivity contribution in [2.24, 2.45) is 0 Å². The highest BCUT2D eigenvalue weighted by atomic mass is 14.0. The Morgan fingerprint density at radius 1 is 0.250 bits per heavy atom. The second kappa shape index (κ2) is 30.7. The lowest BCUT2D eigenvalue weighted by Gasteiger charge is -2.00. The molecule has 0 aliphatic rings.